The third-order valence-corrected chi connectivity index (χ3v) is 10.1. The van der Waals surface area contributed by atoms with E-state index < -0.39 is 29.1 Å². The summed E-state index contributed by atoms with van der Waals surface area (Å²) in [5, 5.41) is 19.4. The fourth-order valence-electron chi connectivity index (χ4n) is 8.15. The van der Waals surface area contributed by atoms with Gasteiger partial charge in [-0.05, 0) is 50.9 Å². The van der Waals surface area contributed by atoms with E-state index in [0.29, 0.717) is 59.4 Å². The van der Waals surface area contributed by atoms with Gasteiger partial charge in [0.1, 0.15) is 29.8 Å². The van der Waals surface area contributed by atoms with E-state index in [9.17, 15) is 22.7 Å². The fourth-order valence-corrected chi connectivity index (χ4v) is 8.15. The molecule has 254 valence electrons. The quantitative estimate of drug-likeness (QED) is 0.252. The van der Waals surface area contributed by atoms with Crippen molar-refractivity contribution in [1.29, 1.82) is 0 Å². The molecule has 4 aromatic heterocycles. The number of β-amino-alcohol motifs (C(OH)–C–C–N with tert-alkyl or cyclic N) is 1. The molecule has 0 amide bonds. The Kier molecular flexibility index (Phi) is 7.13. The molecule has 3 aliphatic heterocycles. The van der Waals surface area contributed by atoms with Crippen molar-refractivity contribution in [2.24, 2.45) is 7.05 Å². The van der Waals surface area contributed by atoms with E-state index >= 15 is 0 Å². The largest absolute Gasteiger partial charge is 0.461 e. The molecule has 0 unspecified atom stereocenters. The smallest absolute Gasteiger partial charge is 0.417 e. The highest BCUT2D eigenvalue weighted by Gasteiger charge is 2.49. The number of fused-ring (bicyclic) bond motifs is 5. The molecule has 48 heavy (non-hydrogen) atoms. The first kappa shape index (κ1) is 31.2. The lowest BCUT2D eigenvalue weighted by molar-refractivity contribution is -0.137. The van der Waals surface area contributed by atoms with Crippen LogP contribution in [0.3, 0.4) is 0 Å². The van der Waals surface area contributed by atoms with Crippen molar-refractivity contribution in [3.63, 3.8) is 0 Å². The average molecular weight is 669 g/mol. The monoisotopic (exact) mass is 668 g/mol. The molecule has 3 saturated heterocycles. The van der Waals surface area contributed by atoms with Gasteiger partial charge in [-0.2, -0.15) is 28.2 Å². The summed E-state index contributed by atoms with van der Waals surface area (Å²) in [5.41, 5.74) is -1.05. The zero-order valence-electron chi connectivity index (χ0n) is 26.9. The van der Waals surface area contributed by atoms with Crippen LogP contribution in [-0.4, -0.2) is 103 Å². The van der Waals surface area contributed by atoms with Crippen LogP contribution in [0.4, 0.5) is 23.4 Å². The first-order chi connectivity index (χ1) is 22.9. The number of aliphatic hydroxyl groups is 1. The van der Waals surface area contributed by atoms with Gasteiger partial charge in [0.25, 0.3) is 0 Å². The molecular weight excluding hydrogens is 632 g/mol. The topological polar surface area (TPSA) is 117 Å². The number of ether oxygens (including phenoxy) is 2. The zero-order chi connectivity index (χ0) is 33.6. The summed E-state index contributed by atoms with van der Waals surface area (Å²) in [6, 6.07) is 3.25. The number of anilines is 1. The maximum absolute atomic E-state index is 14.8. The zero-order valence-corrected chi connectivity index (χ0v) is 26.9. The van der Waals surface area contributed by atoms with Crippen LogP contribution in [0.5, 0.6) is 6.01 Å². The van der Waals surface area contributed by atoms with Gasteiger partial charge >= 0.3 is 12.2 Å². The van der Waals surface area contributed by atoms with Crippen LogP contribution in [0.1, 0.15) is 37.3 Å². The second kappa shape index (κ2) is 11.0. The van der Waals surface area contributed by atoms with Crippen molar-refractivity contribution >= 4 is 38.7 Å². The molecule has 2 N–H and O–H groups in total. The summed E-state index contributed by atoms with van der Waals surface area (Å²) in [6.07, 6.45) is -0.600. The van der Waals surface area contributed by atoms with Gasteiger partial charge in [-0.15, -0.1) is 0 Å². The van der Waals surface area contributed by atoms with E-state index in [1.165, 1.54) is 25.4 Å². The number of aromatic amines is 1. The van der Waals surface area contributed by atoms with E-state index in [-0.39, 0.29) is 48.0 Å². The lowest BCUT2D eigenvalue weighted by Crippen LogP contribution is -2.44. The lowest BCUT2D eigenvalue weighted by atomic mass is 9.94. The predicted octanol–water partition coefficient (Wildman–Crippen LogP) is 4.93. The molecule has 15 heteroatoms. The summed E-state index contributed by atoms with van der Waals surface area (Å²) >= 11 is 0. The average Bonchev–Trinajstić information content (AvgIpc) is 3.75. The Morgan fingerprint density at radius 3 is 2.85 bits per heavy atom. The number of aryl methyl sites for hydroxylation is 2. The molecule has 3 atom stereocenters. The van der Waals surface area contributed by atoms with Gasteiger partial charge in [0.05, 0.1) is 59.2 Å². The summed E-state index contributed by atoms with van der Waals surface area (Å²) in [7, 11) is 1.73. The molecule has 3 fully saturated rings. The van der Waals surface area contributed by atoms with Crippen LogP contribution in [0, 0.1) is 6.92 Å². The molecule has 7 heterocycles. The molecule has 11 nitrogen and oxygen atoms in total. The van der Waals surface area contributed by atoms with E-state index in [0.717, 1.165) is 19.4 Å². The first-order valence-electron chi connectivity index (χ1n) is 16.1. The van der Waals surface area contributed by atoms with Gasteiger partial charge in [-0.3, -0.25) is 15.0 Å². The van der Waals surface area contributed by atoms with Crippen LogP contribution in [0.25, 0.3) is 44.1 Å². The Balaban J connectivity index is 1.36. The summed E-state index contributed by atoms with van der Waals surface area (Å²) < 4.78 is 72.6. The van der Waals surface area contributed by atoms with Crippen LogP contribution in [0.2, 0.25) is 0 Å². The van der Waals surface area contributed by atoms with Gasteiger partial charge in [0.15, 0.2) is 0 Å². The molecule has 3 aliphatic rings. The molecule has 0 radical (unpaired) electrons. The van der Waals surface area contributed by atoms with Gasteiger partial charge < -0.3 is 24.0 Å². The van der Waals surface area contributed by atoms with Crippen molar-refractivity contribution in [2.75, 3.05) is 50.9 Å². The standard InChI is InChI=1S/C33H36F4N8O3/c1-18-11-22-21(13-39-42-22)23(25(18)33(35,36)37)26-27-20(5-7-38-26)24-28(43(27)3)40-30(41-29(24)44-9-10-47-16-31(2,46)15-44)48-17-32-6-4-8-45(32)14-19(34)12-32/h5,7,11,13,19,46H,4,6,8-10,12,14-17H2,1-3H3,(H,39,42)/t19-,31+,32+/m1/s1. The van der Waals surface area contributed by atoms with E-state index in [1.807, 2.05) is 4.90 Å². The third-order valence-electron chi connectivity index (χ3n) is 10.1. The number of hydrogen-bond donors (Lipinski definition) is 2. The van der Waals surface area contributed by atoms with Crippen LogP contribution < -0.4 is 9.64 Å². The highest BCUT2D eigenvalue weighted by Crippen LogP contribution is 2.46. The third kappa shape index (κ3) is 4.96. The summed E-state index contributed by atoms with van der Waals surface area (Å²) in [6.45, 7) is 5.51. The van der Waals surface area contributed by atoms with Crippen LogP contribution in [-0.2, 0) is 18.0 Å². The van der Waals surface area contributed by atoms with Crippen molar-refractivity contribution < 1.29 is 32.1 Å². The molecule has 0 spiro atoms. The van der Waals surface area contributed by atoms with Gasteiger partial charge in [0, 0.05) is 49.1 Å². The highest BCUT2D eigenvalue weighted by molar-refractivity contribution is 6.16. The van der Waals surface area contributed by atoms with Crippen molar-refractivity contribution in [3.8, 4) is 17.3 Å². The highest BCUT2D eigenvalue weighted by atomic mass is 19.4. The van der Waals surface area contributed by atoms with Crippen LogP contribution in [0.15, 0.2) is 24.5 Å². The number of benzene rings is 1. The Bertz CT molecular complexity index is 2060. The normalized spacial score (nSPS) is 25.4. The van der Waals surface area contributed by atoms with Crippen molar-refractivity contribution in [1.82, 2.24) is 34.6 Å². The number of nitrogens with zero attached hydrogens (tertiary/aromatic N) is 7. The number of nitrogens with one attached hydrogen (secondary N) is 1. The molecule has 8 rings (SSSR count). The number of alkyl halides is 4. The lowest BCUT2D eigenvalue weighted by Gasteiger charge is -2.31. The minimum atomic E-state index is -4.67. The number of hydrogen-bond acceptors (Lipinski definition) is 9. The Morgan fingerprint density at radius 2 is 2.04 bits per heavy atom. The van der Waals surface area contributed by atoms with Gasteiger partial charge in [-0.1, -0.05) is 0 Å². The fraction of sp³-hybridized carbons (Fsp3) is 0.515. The van der Waals surface area contributed by atoms with Crippen LogP contribution >= 0.6 is 0 Å². The summed E-state index contributed by atoms with van der Waals surface area (Å²) in [5.74, 6) is 0.452. The molecule has 1 aromatic carbocycles. The number of halogens is 4. The maximum atomic E-state index is 14.8. The predicted molar refractivity (Wildman–Crippen MR) is 171 cm³/mol. The van der Waals surface area contributed by atoms with Gasteiger partial charge in [-0.25, -0.2) is 4.39 Å². The minimum Gasteiger partial charge on any atom is -0.461 e. The molecule has 0 saturated carbocycles. The first-order valence-corrected chi connectivity index (χ1v) is 16.1. The maximum Gasteiger partial charge on any atom is 0.417 e. The molecule has 5 aromatic rings. The van der Waals surface area contributed by atoms with Gasteiger partial charge in [0.2, 0.25) is 0 Å². The molecule has 0 bridgehead atoms. The number of pyridine rings is 1. The summed E-state index contributed by atoms with van der Waals surface area (Å²) in [4.78, 5) is 18.3. The number of H-pyrrole nitrogens is 1. The van der Waals surface area contributed by atoms with E-state index in [4.69, 9.17) is 19.4 Å². The van der Waals surface area contributed by atoms with Crippen molar-refractivity contribution in [2.45, 2.75) is 56.6 Å². The Morgan fingerprint density at radius 1 is 1.21 bits per heavy atom. The number of rotatable bonds is 5. The Labute approximate surface area is 272 Å². The minimum absolute atomic E-state index is 0.0394. The second-order valence-electron chi connectivity index (χ2n) is 13.8. The van der Waals surface area contributed by atoms with Crippen molar-refractivity contribution in [3.05, 3.63) is 35.7 Å². The van der Waals surface area contributed by atoms with E-state index in [2.05, 4.69) is 20.1 Å². The second-order valence-corrected chi connectivity index (χ2v) is 13.8. The Hall–Kier alpha value is -4.08. The number of aromatic nitrogens is 6. The molecular formula is C33H36F4N8O3. The SMILES string of the molecule is Cc1cc2[nH]ncc2c(-c2nccc3c4c(N5CCOC[C@@](C)(O)C5)nc(OC[C@@]56CCCN5C[C@H](F)C6)nc4n(C)c23)c1C(F)(F)F. The molecule has 0 aliphatic carbocycles. The van der Waals surface area contributed by atoms with E-state index in [1.54, 1.807) is 24.6 Å².